The van der Waals surface area contributed by atoms with Crippen LogP contribution in [0.2, 0.25) is 0 Å². The Kier molecular flexibility index (Phi) is 5.05. The van der Waals surface area contributed by atoms with Crippen LogP contribution < -0.4 is 10.5 Å². The summed E-state index contributed by atoms with van der Waals surface area (Å²) in [6.07, 6.45) is 3.84. The van der Waals surface area contributed by atoms with Crippen molar-refractivity contribution in [3.05, 3.63) is 29.3 Å². The molecule has 1 aliphatic rings. The molecule has 0 heterocycles. The van der Waals surface area contributed by atoms with Gasteiger partial charge in [0.25, 0.3) is 0 Å². The predicted molar refractivity (Wildman–Crippen MR) is 80.7 cm³/mol. The van der Waals surface area contributed by atoms with Crippen LogP contribution in [0.25, 0.3) is 0 Å². The van der Waals surface area contributed by atoms with Crippen molar-refractivity contribution in [3.8, 4) is 5.75 Å². The van der Waals surface area contributed by atoms with E-state index in [4.69, 9.17) is 10.5 Å². The van der Waals surface area contributed by atoms with Gasteiger partial charge in [0, 0.05) is 6.04 Å². The van der Waals surface area contributed by atoms with Crippen LogP contribution in [-0.2, 0) is 16.3 Å². The Bertz CT molecular complexity index is 554. The van der Waals surface area contributed by atoms with E-state index in [2.05, 4.69) is 0 Å². The summed E-state index contributed by atoms with van der Waals surface area (Å²) in [6, 6.07) is 5.99. The number of fused-ring (bicyclic) bond motifs is 1. The largest absolute Gasteiger partial charge is 0.493 e. The maximum atomic E-state index is 11.6. The van der Waals surface area contributed by atoms with Crippen molar-refractivity contribution in [2.75, 3.05) is 18.1 Å². The third-order valence-electron chi connectivity index (χ3n) is 3.66. The third-order valence-corrected chi connectivity index (χ3v) is 5.48. The standard InChI is InChI=1S/C15H23NO3S/c1-2-9-20(17,18)10-8-19-13-7-6-12-4-3-5-15(16)14(12)11-13/h6-7,11,15H,2-5,8-10,16H2,1H3/t15-/m1/s1. The molecule has 1 aromatic carbocycles. The van der Waals surface area contributed by atoms with Crippen LogP contribution in [0.3, 0.4) is 0 Å². The van der Waals surface area contributed by atoms with Gasteiger partial charge in [-0.05, 0) is 48.9 Å². The molecule has 1 aromatic rings. The van der Waals surface area contributed by atoms with E-state index in [1.54, 1.807) is 0 Å². The zero-order valence-electron chi connectivity index (χ0n) is 12.0. The highest BCUT2D eigenvalue weighted by atomic mass is 32.2. The molecule has 0 radical (unpaired) electrons. The fourth-order valence-corrected chi connectivity index (χ4v) is 3.77. The zero-order chi connectivity index (χ0) is 14.6. The number of ether oxygens (including phenoxy) is 1. The van der Waals surface area contributed by atoms with Crippen LogP contribution in [0.1, 0.15) is 43.4 Å². The van der Waals surface area contributed by atoms with Gasteiger partial charge in [-0.1, -0.05) is 13.0 Å². The van der Waals surface area contributed by atoms with Gasteiger partial charge in [0.05, 0.1) is 11.5 Å². The third kappa shape index (κ3) is 3.96. The minimum atomic E-state index is -2.98. The van der Waals surface area contributed by atoms with E-state index in [1.165, 1.54) is 5.56 Å². The summed E-state index contributed by atoms with van der Waals surface area (Å²) in [7, 11) is -2.98. The Morgan fingerprint density at radius 1 is 1.35 bits per heavy atom. The van der Waals surface area contributed by atoms with Crippen LogP contribution >= 0.6 is 0 Å². The van der Waals surface area contributed by atoms with Gasteiger partial charge in [0.15, 0.2) is 9.84 Å². The molecule has 0 aromatic heterocycles. The van der Waals surface area contributed by atoms with Crippen molar-refractivity contribution in [2.45, 2.75) is 38.6 Å². The van der Waals surface area contributed by atoms with Gasteiger partial charge in [0.1, 0.15) is 12.4 Å². The van der Waals surface area contributed by atoms with Gasteiger partial charge in [-0.3, -0.25) is 0 Å². The van der Waals surface area contributed by atoms with Gasteiger partial charge in [-0.15, -0.1) is 0 Å². The number of rotatable bonds is 6. The number of hydrogen-bond acceptors (Lipinski definition) is 4. The van der Waals surface area contributed by atoms with E-state index in [0.717, 1.165) is 24.8 Å². The summed E-state index contributed by atoms with van der Waals surface area (Å²) in [5.41, 5.74) is 8.53. The Labute approximate surface area is 121 Å². The highest BCUT2D eigenvalue weighted by Gasteiger charge is 2.17. The molecule has 0 amide bonds. The fraction of sp³-hybridized carbons (Fsp3) is 0.600. The molecule has 1 aliphatic carbocycles. The van der Waals surface area contributed by atoms with Crippen molar-refractivity contribution in [1.82, 2.24) is 0 Å². The van der Waals surface area contributed by atoms with Crippen LogP contribution in [0.15, 0.2) is 18.2 Å². The molecule has 0 fully saturated rings. The molecule has 0 saturated carbocycles. The summed E-state index contributed by atoms with van der Waals surface area (Å²) < 4.78 is 28.8. The van der Waals surface area contributed by atoms with Gasteiger partial charge < -0.3 is 10.5 Å². The Hall–Kier alpha value is -1.07. The van der Waals surface area contributed by atoms with E-state index in [1.807, 2.05) is 25.1 Å². The lowest BCUT2D eigenvalue weighted by Crippen LogP contribution is -2.18. The minimum absolute atomic E-state index is 0.0734. The maximum absolute atomic E-state index is 11.6. The van der Waals surface area contributed by atoms with Gasteiger partial charge in [-0.25, -0.2) is 8.42 Å². The monoisotopic (exact) mass is 297 g/mol. The first kappa shape index (κ1) is 15.3. The van der Waals surface area contributed by atoms with Crippen molar-refractivity contribution in [3.63, 3.8) is 0 Å². The molecule has 112 valence electrons. The van der Waals surface area contributed by atoms with Crippen molar-refractivity contribution >= 4 is 9.84 Å². The van der Waals surface area contributed by atoms with E-state index in [-0.39, 0.29) is 24.2 Å². The number of nitrogens with two attached hydrogens (primary N) is 1. The molecule has 0 spiro atoms. The Balaban J connectivity index is 1.96. The molecule has 0 bridgehead atoms. The normalized spacial score (nSPS) is 18.6. The topological polar surface area (TPSA) is 69.4 Å². The highest BCUT2D eigenvalue weighted by Crippen LogP contribution is 2.30. The number of benzene rings is 1. The number of sulfone groups is 1. The lowest BCUT2D eigenvalue weighted by atomic mass is 9.88. The SMILES string of the molecule is CCCS(=O)(=O)CCOc1ccc2c(c1)[C@H](N)CCC2. The molecule has 0 aliphatic heterocycles. The molecular weight excluding hydrogens is 274 g/mol. The van der Waals surface area contributed by atoms with Crippen molar-refractivity contribution in [1.29, 1.82) is 0 Å². The van der Waals surface area contributed by atoms with E-state index >= 15 is 0 Å². The van der Waals surface area contributed by atoms with E-state index < -0.39 is 9.84 Å². The summed E-state index contributed by atoms with van der Waals surface area (Å²) in [4.78, 5) is 0. The minimum Gasteiger partial charge on any atom is -0.493 e. The second-order valence-corrected chi connectivity index (χ2v) is 7.66. The quantitative estimate of drug-likeness (QED) is 0.874. The molecule has 2 rings (SSSR count). The van der Waals surface area contributed by atoms with Crippen molar-refractivity contribution < 1.29 is 13.2 Å². The van der Waals surface area contributed by atoms with Crippen LogP contribution in [-0.4, -0.2) is 26.5 Å². The fourth-order valence-electron chi connectivity index (χ4n) is 2.60. The van der Waals surface area contributed by atoms with E-state index in [0.29, 0.717) is 12.2 Å². The average Bonchev–Trinajstić information content (AvgIpc) is 2.39. The second kappa shape index (κ2) is 6.59. The summed E-state index contributed by atoms with van der Waals surface area (Å²) in [6.45, 7) is 2.07. The van der Waals surface area contributed by atoms with Crippen LogP contribution in [0, 0.1) is 0 Å². The lowest BCUT2D eigenvalue weighted by Gasteiger charge is -2.22. The summed E-state index contributed by atoms with van der Waals surface area (Å²) in [5.74, 6) is 1.02. The molecule has 1 atom stereocenters. The molecular formula is C15H23NO3S. The van der Waals surface area contributed by atoms with Gasteiger partial charge in [0.2, 0.25) is 0 Å². The smallest absolute Gasteiger partial charge is 0.153 e. The van der Waals surface area contributed by atoms with Gasteiger partial charge >= 0.3 is 0 Å². The number of aryl methyl sites for hydroxylation is 1. The molecule has 4 nitrogen and oxygen atoms in total. The Morgan fingerprint density at radius 2 is 2.15 bits per heavy atom. The number of hydrogen-bond donors (Lipinski definition) is 1. The van der Waals surface area contributed by atoms with Gasteiger partial charge in [-0.2, -0.15) is 0 Å². The summed E-state index contributed by atoms with van der Waals surface area (Å²) >= 11 is 0. The molecule has 0 saturated heterocycles. The van der Waals surface area contributed by atoms with E-state index in [9.17, 15) is 8.42 Å². The predicted octanol–water partition coefficient (Wildman–Crippen LogP) is 2.23. The average molecular weight is 297 g/mol. The van der Waals surface area contributed by atoms with Crippen LogP contribution in [0.4, 0.5) is 0 Å². The first-order valence-corrected chi connectivity index (χ1v) is 9.05. The lowest BCUT2D eigenvalue weighted by molar-refractivity contribution is 0.339. The highest BCUT2D eigenvalue weighted by molar-refractivity contribution is 7.91. The van der Waals surface area contributed by atoms with Crippen LogP contribution in [0.5, 0.6) is 5.75 Å². The molecule has 5 heteroatoms. The molecule has 2 N–H and O–H groups in total. The maximum Gasteiger partial charge on any atom is 0.153 e. The first-order valence-electron chi connectivity index (χ1n) is 7.23. The summed E-state index contributed by atoms with van der Waals surface area (Å²) in [5, 5.41) is 0. The molecule has 0 unspecified atom stereocenters. The molecule has 20 heavy (non-hydrogen) atoms. The second-order valence-electron chi connectivity index (χ2n) is 5.36. The zero-order valence-corrected chi connectivity index (χ0v) is 12.8. The first-order chi connectivity index (χ1) is 9.52. The van der Waals surface area contributed by atoms with Crippen molar-refractivity contribution in [2.24, 2.45) is 5.73 Å². The Morgan fingerprint density at radius 3 is 2.90 bits per heavy atom.